The van der Waals surface area contributed by atoms with Crippen molar-refractivity contribution < 1.29 is 19.1 Å². The molecule has 1 aliphatic heterocycles. The molecule has 0 saturated carbocycles. The van der Waals surface area contributed by atoms with Crippen LogP contribution in [0.4, 0.5) is 4.79 Å². The molecule has 3 rings (SSSR count). The number of methoxy groups -OCH3 is 1. The van der Waals surface area contributed by atoms with Crippen LogP contribution in [0.15, 0.2) is 35.7 Å². The average Bonchev–Trinajstić information content (AvgIpc) is 3.30. The fourth-order valence-electron chi connectivity index (χ4n) is 3.83. The molecule has 7 nitrogen and oxygen atoms in total. The molecular weight excluding hydrogens is 462 g/mol. The van der Waals surface area contributed by atoms with E-state index in [2.05, 4.69) is 16.8 Å². The van der Waals surface area contributed by atoms with Crippen molar-refractivity contribution in [2.75, 3.05) is 46.5 Å². The molecule has 1 aromatic heterocycles. The number of amides is 3. The smallest absolute Gasteiger partial charge is 0.317 e. The average molecular weight is 494 g/mol. The first-order valence-electron chi connectivity index (χ1n) is 11.3. The summed E-state index contributed by atoms with van der Waals surface area (Å²) in [5.74, 6) is 0.620. The highest BCUT2D eigenvalue weighted by Gasteiger charge is 2.33. The van der Waals surface area contributed by atoms with E-state index < -0.39 is 0 Å². The highest BCUT2D eigenvalue weighted by molar-refractivity contribution is 7.10. The van der Waals surface area contributed by atoms with Gasteiger partial charge in [-0.3, -0.25) is 4.79 Å². The summed E-state index contributed by atoms with van der Waals surface area (Å²) in [5.41, 5.74) is 1.12. The van der Waals surface area contributed by atoms with Crippen LogP contribution in [0.2, 0.25) is 5.02 Å². The van der Waals surface area contributed by atoms with Crippen molar-refractivity contribution in [3.05, 3.63) is 51.2 Å². The quantitative estimate of drug-likeness (QED) is 0.472. The van der Waals surface area contributed by atoms with E-state index in [0.717, 1.165) is 18.4 Å². The van der Waals surface area contributed by atoms with E-state index in [4.69, 9.17) is 21.1 Å². The molecule has 0 fully saturated rings. The Labute approximate surface area is 204 Å². The normalized spacial score (nSPS) is 15.1. The summed E-state index contributed by atoms with van der Waals surface area (Å²) in [5, 5.41) is 5.59. The standard InChI is InChI=1S/C24H32ClN3O4S/c1-3-11-26-24(30)27(12-4-14-31-2)16-23(29)28-13-9-22-20(10-15-33-22)21(28)17-32-19-7-5-18(25)6-8-19/h5-8,10,15,21H,3-4,9,11-14,16-17H2,1-2H3,(H,26,30). The number of ether oxygens (including phenoxy) is 2. The first kappa shape index (κ1) is 25.3. The highest BCUT2D eigenvalue weighted by atomic mass is 35.5. The van der Waals surface area contributed by atoms with Crippen molar-refractivity contribution in [2.24, 2.45) is 0 Å². The van der Waals surface area contributed by atoms with Crippen molar-refractivity contribution in [3.63, 3.8) is 0 Å². The molecule has 1 aliphatic rings. The van der Waals surface area contributed by atoms with Crippen LogP contribution in [-0.4, -0.2) is 68.2 Å². The summed E-state index contributed by atoms with van der Waals surface area (Å²) in [7, 11) is 1.63. The lowest BCUT2D eigenvalue weighted by Crippen LogP contribution is -2.50. The molecular formula is C24H32ClN3O4S. The van der Waals surface area contributed by atoms with Gasteiger partial charge in [-0.25, -0.2) is 4.79 Å². The van der Waals surface area contributed by atoms with Gasteiger partial charge in [-0.2, -0.15) is 0 Å². The first-order chi connectivity index (χ1) is 16.0. The third-order valence-electron chi connectivity index (χ3n) is 5.55. The minimum atomic E-state index is -0.219. The van der Waals surface area contributed by atoms with Crippen LogP contribution in [0.1, 0.15) is 36.2 Å². The van der Waals surface area contributed by atoms with Crippen LogP contribution in [0, 0.1) is 0 Å². The van der Waals surface area contributed by atoms with E-state index in [-0.39, 0.29) is 24.5 Å². The van der Waals surface area contributed by atoms with Gasteiger partial charge in [0.2, 0.25) is 5.91 Å². The van der Waals surface area contributed by atoms with E-state index >= 15 is 0 Å². The Morgan fingerprint density at radius 2 is 2.06 bits per heavy atom. The van der Waals surface area contributed by atoms with Crippen LogP contribution >= 0.6 is 22.9 Å². The van der Waals surface area contributed by atoms with Crippen LogP contribution in [0.25, 0.3) is 0 Å². The number of carbonyl (C=O) groups excluding carboxylic acids is 2. The zero-order valence-electron chi connectivity index (χ0n) is 19.2. The predicted molar refractivity (Wildman–Crippen MR) is 131 cm³/mol. The van der Waals surface area contributed by atoms with Crippen molar-refractivity contribution in [1.29, 1.82) is 0 Å². The molecule has 180 valence electrons. The SMILES string of the molecule is CCCNC(=O)N(CCCOC)CC(=O)N1CCc2sccc2C1COc1ccc(Cl)cc1. The number of carbonyl (C=O) groups is 2. The second-order valence-corrected chi connectivity index (χ2v) is 9.35. The monoisotopic (exact) mass is 493 g/mol. The third kappa shape index (κ3) is 7.09. The second-order valence-electron chi connectivity index (χ2n) is 7.92. The van der Waals surface area contributed by atoms with Gasteiger partial charge in [-0.15, -0.1) is 11.3 Å². The second kappa shape index (κ2) is 12.8. The van der Waals surface area contributed by atoms with Crippen LogP contribution < -0.4 is 10.1 Å². The Bertz CT molecular complexity index is 905. The molecule has 1 aromatic carbocycles. The van der Waals surface area contributed by atoms with Gasteiger partial charge in [0.15, 0.2) is 0 Å². The Balaban J connectivity index is 1.71. The van der Waals surface area contributed by atoms with Gasteiger partial charge in [-0.05, 0) is 60.5 Å². The zero-order valence-corrected chi connectivity index (χ0v) is 20.8. The molecule has 0 bridgehead atoms. The molecule has 1 atom stereocenters. The van der Waals surface area contributed by atoms with Gasteiger partial charge in [-0.1, -0.05) is 18.5 Å². The molecule has 3 amide bonds. The summed E-state index contributed by atoms with van der Waals surface area (Å²) in [6, 6.07) is 8.85. The minimum absolute atomic E-state index is 0.0240. The van der Waals surface area contributed by atoms with Gasteiger partial charge in [0.05, 0.1) is 6.04 Å². The maximum atomic E-state index is 13.4. The number of nitrogens with zero attached hydrogens (tertiary/aromatic N) is 2. The number of fused-ring (bicyclic) bond motifs is 1. The lowest BCUT2D eigenvalue weighted by molar-refractivity contribution is -0.135. The minimum Gasteiger partial charge on any atom is -0.491 e. The molecule has 33 heavy (non-hydrogen) atoms. The molecule has 1 N–H and O–H groups in total. The number of rotatable bonds is 11. The number of urea groups is 1. The maximum absolute atomic E-state index is 13.4. The van der Waals surface area contributed by atoms with Crippen molar-refractivity contribution in [3.8, 4) is 5.75 Å². The number of nitrogens with one attached hydrogen (secondary N) is 1. The lowest BCUT2D eigenvalue weighted by Gasteiger charge is -2.37. The third-order valence-corrected chi connectivity index (χ3v) is 6.80. The van der Waals surface area contributed by atoms with E-state index in [1.807, 2.05) is 24.0 Å². The van der Waals surface area contributed by atoms with E-state index in [1.165, 1.54) is 4.88 Å². The van der Waals surface area contributed by atoms with Crippen LogP contribution in [0.5, 0.6) is 5.75 Å². The molecule has 1 unspecified atom stereocenters. The van der Waals surface area contributed by atoms with E-state index in [9.17, 15) is 9.59 Å². The van der Waals surface area contributed by atoms with Gasteiger partial charge in [0.25, 0.3) is 0 Å². The van der Waals surface area contributed by atoms with Gasteiger partial charge in [0, 0.05) is 43.3 Å². The summed E-state index contributed by atoms with van der Waals surface area (Å²) in [4.78, 5) is 30.8. The first-order valence-corrected chi connectivity index (χ1v) is 12.5. The highest BCUT2D eigenvalue weighted by Crippen LogP contribution is 2.34. The predicted octanol–water partition coefficient (Wildman–Crippen LogP) is 4.36. The van der Waals surface area contributed by atoms with E-state index in [0.29, 0.717) is 50.0 Å². The van der Waals surface area contributed by atoms with Gasteiger partial charge >= 0.3 is 6.03 Å². The summed E-state index contributed by atoms with van der Waals surface area (Å²) in [6.07, 6.45) is 2.31. The lowest BCUT2D eigenvalue weighted by atomic mass is 10.0. The Kier molecular flexibility index (Phi) is 9.84. The topological polar surface area (TPSA) is 71.1 Å². The zero-order chi connectivity index (χ0) is 23.6. The van der Waals surface area contributed by atoms with Crippen molar-refractivity contribution >= 4 is 34.9 Å². The van der Waals surface area contributed by atoms with Crippen LogP contribution in [-0.2, 0) is 16.0 Å². The fourth-order valence-corrected chi connectivity index (χ4v) is 4.88. The Morgan fingerprint density at radius 1 is 1.27 bits per heavy atom. The molecule has 2 heterocycles. The Morgan fingerprint density at radius 3 is 2.79 bits per heavy atom. The number of hydrogen-bond donors (Lipinski definition) is 1. The van der Waals surface area contributed by atoms with Crippen molar-refractivity contribution in [1.82, 2.24) is 15.1 Å². The molecule has 2 aromatic rings. The molecule has 0 radical (unpaired) electrons. The molecule has 0 saturated heterocycles. The molecule has 9 heteroatoms. The Hall–Kier alpha value is -2.29. The number of thiophene rings is 1. The van der Waals surface area contributed by atoms with Crippen LogP contribution in [0.3, 0.4) is 0 Å². The van der Waals surface area contributed by atoms with Gasteiger partial charge < -0.3 is 24.6 Å². The maximum Gasteiger partial charge on any atom is 0.317 e. The molecule has 0 spiro atoms. The number of benzene rings is 1. The largest absolute Gasteiger partial charge is 0.491 e. The van der Waals surface area contributed by atoms with Gasteiger partial charge in [0.1, 0.15) is 18.9 Å². The van der Waals surface area contributed by atoms with Crippen molar-refractivity contribution in [2.45, 2.75) is 32.2 Å². The summed E-state index contributed by atoms with van der Waals surface area (Å²) < 4.78 is 11.2. The number of halogens is 1. The number of hydrogen-bond acceptors (Lipinski definition) is 5. The molecule has 0 aliphatic carbocycles. The fraction of sp³-hybridized carbons (Fsp3) is 0.500. The summed E-state index contributed by atoms with van der Waals surface area (Å²) >= 11 is 7.68. The summed E-state index contributed by atoms with van der Waals surface area (Å²) in [6.45, 7) is 4.53. The van der Waals surface area contributed by atoms with E-state index in [1.54, 1.807) is 35.5 Å².